The van der Waals surface area contributed by atoms with Gasteiger partial charge in [-0.3, -0.25) is 0 Å². The third-order valence-corrected chi connectivity index (χ3v) is 3.48. The maximum absolute atomic E-state index is 6.19. The molecule has 2 rings (SSSR count). The largest absolute Gasteiger partial charge is 0.493 e. The summed E-state index contributed by atoms with van der Waals surface area (Å²) in [5.74, 6) is 0.662. The van der Waals surface area contributed by atoms with E-state index in [0.29, 0.717) is 29.7 Å². The molecule has 0 aliphatic heterocycles. The van der Waals surface area contributed by atoms with Crippen molar-refractivity contribution in [2.75, 3.05) is 13.2 Å². The van der Waals surface area contributed by atoms with Crippen LogP contribution >= 0.6 is 23.2 Å². The molecule has 0 aliphatic carbocycles. The van der Waals surface area contributed by atoms with Crippen LogP contribution in [0.5, 0.6) is 5.75 Å². The Morgan fingerprint density at radius 2 is 1.74 bits per heavy atom. The Hall–Kier alpha value is -2.11. The molecule has 0 unspecified atom stereocenters. The van der Waals surface area contributed by atoms with E-state index in [1.54, 1.807) is 12.1 Å². The Morgan fingerprint density at radius 3 is 2.43 bits per heavy atom. The van der Waals surface area contributed by atoms with Crippen molar-refractivity contribution in [3.05, 3.63) is 52.5 Å². The molecule has 5 nitrogen and oxygen atoms in total. The lowest BCUT2D eigenvalue weighted by molar-refractivity contribution is 0.127. The average molecular weight is 354 g/mol. The predicted molar refractivity (Wildman–Crippen MR) is 93.8 cm³/mol. The van der Waals surface area contributed by atoms with Crippen LogP contribution in [-0.4, -0.2) is 19.2 Å². The molecule has 0 aromatic heterocycles. The molecule has 7 heteroatoms. The normalized spacial score (nSPS) is 10.2. The highest BCUT2D eigenvalue weighted by Crippen LogP contribution is 2.31. The first-order valence-corrected chi connectivity index (χ1v) is 7.71. The Labute approximate surface area is 144 Å². The van der Waals surface area contributed by atoms with Gasteiger partial charge in [0.1, 0.15) is 12.4 Å². The summed E-state index contributed by atoms with van der Waals surface area (Å²) in [6, 6.07) is 13.0. The maximum Gasteiger partial charge on any atom is 0.228 e. The second kappa shape index (κ2) is 8.50. The standard InChI is InChI=1S/C16H17Cl2N3O2/c17-12-4-7-15(18)14(10-12)11-2-5-13(6-3-11)22-8-1-9-23-21-16(19)20/h2-7,10H,1,8-9H2,(H4,19,20,21). The SMILES string of the molecule is NC(N)=NOCCCOc1ccc(-c2cc(Cl)ccc2Cl)cc1. The van der Waals surface area contributed by atoms with Gasteiger partial charge in [0.25, 0.3) is 0 Å². The summed E-state index contributed by atoms with van der Waals surface area (Å²) in [6.07, 6.45) is 0.665. The molecular weight excluding hydrogens is 337 g/mol. The van der Waals surface area contributed by atoms with Gasteiger partial charge >= 0.3 is 0 Å². The molecular formula is C16H17Cl2N3O2. The molecule has 0 spiro atoms. The van der Waals surface area contributed by atoms with E-state index in [0.717, 1.165) is 16.9 Å². The first-order valence-electron chi connectivity index (χ1n) is 6.95. The van der Waals surface area contributed by atoms with E-state index >= 15 is 0 Å². The minimum atomic E-state index is -0.0961. The number of nitrogens with two attached hydrogens (primary N) is 2. The van der Waals surface area contributed by atoms with Crippen molar-refractivity contribution in [1.29, 1.82) is 0 Å². The molecule has 0 radical (unpaired) electrons. The molecule has 0 atom stereocenters. The lowest BCUT2D eigenvalue weighted by Gasteiger charge is -2.08. The van der Waals surface area contributed by atoms with Gasteiger partial charge in [-0.15, -0.1) is 0 Å². The molecule has 0 bridgehead atoms. The Morgan fingerprint density at radius 1 is 1.00 bits per heavy atom. The maximum atomic E-state index is 6.19. The van der Waals surface area contributed by atoms with Crippen LogP contribution < -0.4 is 16.2 Å². The molecule has 0 saturated carbocycles. The summed E-state index contributed by atoms with van der Waals surface area (Å²) in [5, 5.41) is 4.72. The van der Waals surface area contributed by atoms with Gasteiger partial charge < -0.3 is 21.0 Å². The van der Waals surface area contributed by atoms with Gasteiger partial charge in [-0.2, -0.15) is 0 Å². The van der Waals surface area contributed by atoms with Crippen molar-refractivity contribution in [1.82, 2.24) is 0 Å². The molecule has 0 aliphatic rings. The van der Waals surface area contributed by atoms with E-state index in [1.165, 1.54) is 0 Å². The van der Waals surface area contributed by atoms with Crippen LogP contribution in [0.3, 0.4) is 0 Å². The highest BCUT2D eigenvalue weighted by molar-refractivity contribution is 6.35. The van der Waals surface area contributed by atoms with Crippen molar-refractivity contribution in [2.45, 2.75) is 6.42 Å². The topological polar surface area (TPSA) is 82.9 Å². The summed E-state index contributed by atoms with van der Waals surface area (Å²) in [7, 11) is 0. The summed E-state index contributed by atoms with van der Waals surface area (Å²) >= 11 is 12.2. The second-order valence-corrected chi connectivity index (χ2v) is 5.54. The summed E-state index contributed by atoms with van der Waals surface area (Å²) in [5.41, 5.74) is 12.1. The van der Waals surface area contributed by atoms with Crippen molar-refractivity contribution in [2.24, 2.45) is 16.6 Å². The highest BCUT2D eigenvalue weighted by atomic mass is 35.5. The molecule has 0 fully saturated rings. The summed E-state index contributed by atoms with van der Waals surface area (Å²) in [4.78, 5) is 4.87. The Bertz CT molecular complexity index is 672. The van der Waals surface area contributed by atoms with Crippen molar-refractivity contribution in [3.63, 3.8) is 0 Å². The minimum absolute atomic E-state index is 0.0961. The molecule has 122 valence electrons. The molecule has 0 saturated heterocycles. The van der Waals surface area contributed by atoms with Gasteiger partial charge in [-0.25, -0.2) is 0 Å². The predicted octanol–water partition coefficient (Wildman–Crippen LogP) is 3.63. The number of rotatable bonds is 7. The lowest BCUT2D eigenvalue weighted by atomic mass is 10.1. The zero-order valence-electron chi connectivity index (χ0n) is 12.3. The van der Waals surface area contributed by atoms with Crippen LogP contribution in [0.4, 0.5) is 0 Å². The van der Waals surface area contributed by atoms with E-state index in [1.807, 2.05) is 30.3 Å². The smallest absolute Gasteiger partial charge is 0.228 e. The molecule has 2 aromatic rings. The Kier molecular flexibility index (Phi) is 6.38. The molecule has 2 aromatic carbocycles. The first-order chi connectivity index (χ1) is 11.1. The molecule has 23 heavy (non-hydrogen) atoms. The minimum Gasteiger partial charge on any atom is -0.493 e. The van der Waals surface area contributed by atoms with Crippen LogP contribution in [0.25, 0.3) is 11.1 Å². The fourth-order valence-corrected chi connectivity index (χ4v) is 2.28. The number of benzene rings is 2. The second-order valence-electron chi connectivity index (χ2n) is 4.70. The average Bonchev–Trinajstić information content (AvgIpc) is 2.53. The fraction of sp³-hybridized carbons (Fsp3) is 0.188. The number of hydrogen-bond donors (Lipinski definition) is 2. The van der Waals surface area contributed by atoms with Crippen LogP contribution in [0.1, 0.15) is 6.42 Å². The van der Waals surface area contributed by atoms with Gasteiger partial charge in [0.05, 0.1) is 6.61 Å². The van der Waals surface area contributed by atoms with Gasteiger partial charge in [0.2, 0.25) is 5.96 Å². The molecule has 0 heterocycles. The highest BCUT2D eigenvalue weighted by Gasteiger charge is 2.05. The van der Waals surface area contributed by atoms with Crippen molar-refractivity contribution in [3.8, 4) is 16.9 Å². The first kappa shape index (κ1) is 17.2. The Balaban J connectivity index is 1.87. The van der Waals surface area contributed by atoms with Gasteiger partial charge in [-0.05, 0) is 41.1 Å². The number of nitrogens with zero attached hydrogens (tertiary/aromatic N) is 1. The zero-order valence-corrected chi connectivity index (χ0v) is 13.8. The number of hydrogen-bond acceptors (Lipinski definition) is 3. The van der Waals surface area contributed by atoms with Crippen LogP contribution in [0, 0.1) is 0 Å². The monoisotopic (exact) mass is 353 g/mol. The number of oxime groups is 1. The number of guanidine groups is 1. The number of ether oxygens (including phenoxy) is 1. The zero-order chi connectivity index (χ0) is 16.7. The van der Waals surface area contributed by atoms with E-state index in [-0.39, 0.29) is 5.96 Å². The fourth-order valence-electron chi connectivity index (χ4n) is 1.88. The third-order valence-electron chi connectivity index (χ3n) is 2.91. The number of halogens is 2. The quantitative estimate of drug-likeness (QED) is 0.344. The molecule has 0 amide bonds. The molecule has 4 N–H and O–H groups in total. The van der Waals surface area contributed by atoms with Crippen LogP contribution in [-0.2, 0) is 4.84 Å². The van der Waals surface area contributed by atoms with Crippen molar-refractivity contribution < 1.29 is 9.57 Å². The van der Waals surface area contributed by atoms with Gasteiger partial charge in [0.15, 0.2) is 0 Å². The van der Waals surface area contributed by atoms with Crippen LogP contribution in [0.15, 0.2) is 47.6 Å². The van der Waals surface area contributed by atoms with E-state index in [9.17, 15) is 0 Å². The third kappa shape index (κ3) is 5.54. The summed E-state index contributed by atoms with van der Waals surface area (Å²) in [6.45, 7) is 0.880. The van der Waals surface area contributed by atoms with Gasteiger partial charge in [-0.1, -0.05) is 35.3 Å². The van der Waals surface area contributed by atoms with Crippen LogP contribution in [0.2, 0.25) is 10.0 Å². The van der Waals surface area contributed by atoms with Crippen molar-refractivity contribution >= 4 is 29.2 Å². The summed E-state index contributed by atoms with van der Waals surface area (Å²) < 4.78 is 5.61. The van der Waals surface area contributed by atoms with Gasteiger partial charge in [0, 0.05) is 22.0 Å². The van der Waals surface area contributed by atoms with E-state index < -0.39 is 0 Å². The van der Waals surface area contributed by atoms with E-state index in [4.69, 9.17) is 44.2 Å². The lowest BCUT2D eigenvalue weighted by Crippen LogP contribution is -2.23. The van der Waals surface area contributed by atoms with E-state index in [2.05, 4.69) is 5.16 Å².